The lowest BCUT2D eigenvalue weighted by molar-refractivity contribution is -0.385. The van der Waals surface area contributed by atoms with Crippen LogP contribution in [0.25, 0.3) is 11.1 Å². The predicted octanol–water partition coefficient (Wildman–Crippen LogP) is 5.67. The van der Waals surface area contributed by atoms with Crippen molar-refractivity contribution in [1.29, 1.82) is 0 Å². The van der Waals surface area contributed by atoms with E-state index in [-0.39, 0.29) is 16.0 Å². The fraction of sp³-hybridized carbons (Fsp3) is 0.250. The quantitative estimate of drug-likeness (QED) is 0.421. The van der Waals surface area contributed by atoms with Crippen LogP contribution in [0.5, 0.6) is 5.75 Å². The van der Waals surface area contributed by atoms with Gasteiger partial charge in [0.05, 0.1) is 16.9 Å². The van der Waals surface area contributed by atoms with Crippen molar-refractivity contribution in [2.45, 2.75) is 38.5 Å². The van der Waals surface area contributed by atoms with Crippen molar-refractivity contribution in [3.8, 4) is 16.9 Å². The molecule has 29 heavy (non-hydrogen) atoms. The van der Waals surface area contributed by atoms with Gasteiger partial charge in [-0.05, 0) is 55.7 Å². The third-order valence-electron chi connectivity index (χ3n) is 6.63. The van der Waals surface area contributed by atoms with Crippen LogP contribution in [0.1, 0.15) is 31.9 Å². The summed E-state index contributed by atoms with van der Waals surface area (Å²) in [4.78, 5) is 13.1. The Morgan fingerprint density at radius 2 is 1.72 bits per heavy atom. The zero-order valence-electron chi connectivity index (χ0n) is 16.7. The summed E-state index contributed by atoms with van der Waals surface area (Å²) >= 11 is 0. The molecule has 0 amide bonds. The summed E-state index contributed by atoms with van der Waals surface area (Å²) in [6, 6.07) is 21.7. The van der Waals surface area contributed by atoms with E-state index in [0.717, 1.165) is 17.0 Å². The molecule has 5 rings (SSSR count). The van der Waals surface area contributed by atoms with E-state index < -0.39 is 5.72 Å². The van der Waals surface area contributed by atoms with Gasteiger partial charge in [-0.2, -0.15) is 0 Å². The smallest absolute Gasteiger partial charge is 0.270 e. The Bertz CT molecular complexity index is 1140. The number of fused-ring (bicyclic) bond motifs is 4. The number of anilines is 1. The highest BCUT2D eigenvalue weighted by atomic mass is 16.6. The van der Waals surface area contributed by atoms with E-state index in [1.807, 2.05) is 18.2 Å². The molecule has 0 radical (unpaired) electrons. The third-order valence-corrected chi connectivity index (χ3v) is 6.63. The van der Waals surface area contributed by atoms with Gasteiger partial charge in [0.15, 0.2) is 5.72 Å². The molecule has 1 unspecified atom stereocenters. The minimum Gasteiger partial charge on any atom is -0.467 e. The van der Waals surface area contributed by atoms with Crippen molar-refractivity contribution < 1.29 is 9.66 Å². The number of non-ortho nitro benzene ring substituents is 1. The summed E-state index contributed by atoms with van der Waals surface area (Å²) in [7, 11) is 0. The van der Waals surface area contributed by atoms with E-state index in [9.17, 15) is 10.1 Å². The summed E-state index contributed by atoms with van der Waals surface area (Å²) in [5.74, 6) is 0.721. The topological polar surface area (TPSA) is 55.6 Å². The van der Waals surface area contributed by atoms with Crippen LogP contribution in [-0.4, -0.2) is 10.6 Å². The molecule has 5 nitrogen and oxygen atoms in total. The second kappa shape index (κ2) is 5.83. The Morgan fingerprint density at radius 3 is 2.45 bits per heavy atom. The summed E-state index contributed by atoms with van der Waals surface area (Å²) in [6.07, 6.45) is 0. The van der Waals surface area contributed by atoms with Crippen molar-refractivity contribution in [1.82, 2.24) is 0 Å². The number of benzene rings is 3. The van der Waals surface area contributed by atoms with Gasteiger partial charge >= 0.3 is 0 Å². The van der Waals surface area contributed by atoms with Crippen molar-refractivity contribution in [3.63, 3.8) is 0 Å². The molecule has 0 fully saturated rings. The van der Waals surface area contributed by atoms with Crippen molar-refractivity contribution in [3.05, 3.63) is 88.0 Å². The molecular formula is C24H22N2O3. The van der Waals surface area contributed by atoms with Gasteiger partial charge < -0.3 is 9.64 Å². The van der Waals surface area contributed by atoms with Crippen LogP contribution in [0, 0.1) is 10.1 Å². The van der Waals surface area contributed by atoms with E-state index in [1.54, 1.807) is 12.1 Å². The largest absolute Gasteiger partial charge is 0.467 e. The molecule has 146 valence electrons. The number of nitrogens with zero attached hydrogens (tertiary/aromatic N) is 2. The van der Waals surface area contributed by atoms with Gasteiger partial charge in [-0.1, -0.05) is 36.4 Å². The zero-order chi connectivity index (χ0) is 20.4. The van der Waals surface area contributed by atoms with E-state index in [0.29, 0.717) is 6.54 Å². The van der Waals surface area contributed by atoms with Gasteiger partial charge in [0.25, 0.3) is 5.69 Å². The number of hydrogen-bond acceptors (Lipinski definition) is 4. The highest BCUT2D eigenvalue weighted by Crippen LogP contribution is 2.56. The monoisotopic (exact) mass is 386 g/mol. The molecule has 0 saturated heterocycles. The third kappa shape index (κ3) is 2.40. The molecule has 3 aromatic carbocycles. The summed E-state index contributed by atoms with van der Waals surface area (Å²) in [5.41, 5.74) is 4.79. The maximum atomic E-state index is 11.2. The molecule has 0 N–H and O–H groups in total. The van der Waals surface area contributed by atoms with Crippen LogP contribution in [-0.2, 0) is 12.0 Å². The highest BCUT2D eigenvalue weighted by Gasteiger charge is 2.58. The number of nitro benzene ring substituents is 1. The predicted molar refractivity (Wildman–Crippen MR) is 113 cm³/mol. The van der Waals surface area contributed by atoms with Crippen LogP contribution < -0.4 is 9.64 Å². The number of rotatable bonds is 2. The first-order chi connectivity index (χ1) is 13.8. The van der Waals surface area contributed by atoms with Crippen molar-refractivity contribution in [2.75, 3.05) is 4.90 Å². The zero-order valence-corrected chi connectivity index (χ0v) is 16.7. The molecule has 0 saturated carbocycles. The lowest BCUT2D eigenvalue weighted by Gasteiger charge is -2.48. The van der Waals surface area contributed by atoms with Crippen LogP contribution in [0.15, 0.2) is 66.7 Å². The molecule has 0 aromatic heterocycles. The number of hydrogen-bond donors (Lipinski definition) is 0. The van der Waals surface area contributed by atoms with Gasteiger partial charge in [0, 0.05) is 23.4 Å². The van der Waals surface area contributed by atoms with Crippen LogP contribution in [0.2, 0.25) is 0 Å². The first-order valence-corrected chi connectivity index (χ1v) is 9.75. The normalized spacial score (nSPS) is 21.0. The Labute approximate surface area is 169 Å². The Hall–Kier alpha value is -3.34. The Kier molecular flexibility index (Phi) is 3.57. The van der Waals surface area contributed by atoms with Gasteiger partial charge in [0.2, 0.25) is 0 Å². The van der Waals surface area contributed by atoms with Crippen LogP contribution in [0.4, 0.5) is 11.4 Å². The first-order valence-electron chi connectivity index (χ1n) is 9.75. The molecule has 2 aliphatic heterocycles. The van der Waals surface area contributed by atoms with Gasteiger partial charge in [0.1, 0.15) is 5.75 Å². The van der Waals surface area contributed by atoms with E-state index in [2.05, 4.69) is 56.0 Å². The molecule has 3 aromatic rings. The first kappa shape index (κ1) is 17.7. The van der Waals surface area contributed by atoms with Crippen molar-refractivity contribution >= 4 is 11.4 Å². The molecule has 2 aliphatic rings. The fourth-order valence-electron chi connectivity index (χ4n) is 4.61. The summed E-state index contributed by atoms with van der Waals surface area (Å²) in [5, 5.41) is 11.2. The average molecular weight is 386 g/mol. The molecule has 2 heterocycles. The lowest BCUT2D eigenvalue weighted by Crippen LogP contribution is -2.59. The molecule has 0 bridgehead atoms. The average Bonchev–Trinajstić information content (AvgIpc) is 2.89. The molecule has 1 atom stereocenters. The molecular weight excluding hydrogens is 364 g/mol. The molecule has 5 heteroatoms. The second-order valence-corrected chi connectivity index (χ2v) is 8.44. The van der Waals surface area contributed by atoms with E-state index >= 15 is 0 Å². The number of nitro groups is 1. The highest BCUT2D eigenvalue weighted by molar-refractivity contribution is 5.75. The summed E-state index contributed by atoms with van der Waals surface area (Å²) in [6.45, 7) is 7.10. The molecule has 0 aliphatic carbocycles. The SMILES string of the molecule is CC1(C)c2cc(-c3ccccc3)ccc2N2Cc3cc([N+](=O)[O-])ccc3OC21C. The Morgan fingerprint density at radius 1 is 0.966 bits per heavy atom. The summed E-state index contributed by atoms with van der Waals surface area (Å²) < 4.78 is 6.52. The molecule has 0 spiro atoms. The maximum Gasteiger partial charge on any atom is 0.270 e. The van der Waals surface area contributed by atoms with Gasteiger partial charge in [-0.15, -0.1) is 0 Å². The maximum absolute atomic E-state index is 11.2. The minimum absolute atomic E-state index is 0.0917. The number of ether oxygens (including phenoxy) is 1. The second-order valence-electron chi connectivity index (χ2n) is 8.44. The lowest BCUT2D eigenvalue weighted by atomic mass is 9.77. The van der Waals surface area contributed by atoms with Crippen LogP contribution >= 0.6 is 0 Å². The minimum atomic E-state index is -0.576. The van der Waals surface area contributed by atoms with Crippen LogP contribution in [0.3, 0.4) is 0 Å². The van der Waals surface area contributed by atoms with Gasteiger partial charge in [-0.25, -0.2) is 0 Å². The van der Waals surface area contributed by atoms with E-state index in [4.69, 9.17) is 4.74 Å². The standard InChI is InChI=1S/C24H22N2O3/c1-23(2)20-14-17(16-7-5-4-6-8-16)9-11-21(20)25-15-18-13-19(26(27)28)10-12-22(18)29-24(23,25)3/h4-14H,15H2,1-3H3. The van der Waals surface area contributed by atoms with Crippen molar-refractivity contribution in [2.24, 2.45) is 0 Å². The fourth-order valence-corrected chi connectivity index (χ4v) is 4.61. The Balaban J connectivity index is 1.63. The van der Waals surface area contributed by atoms with Gasteiger partial charge in [-0.3, -0.25) is 10.1 Å². The van der Waals surface area contributed by atoms with E-state index in [1.165, 1.54) is 22.8 Å².